The molecule has 0 atom stereocenters. The molecule has 0 bridgehead atoms. The van der Waals surface area contributed by atoms with Crippen LogP contribution in [-0.4, -0.2) is 118 Å². The second-order valence-electron chi connectivity index (χ2n) is 28.2. The van der Waals surface area contributed by atoms with Gasteiger partial charge in [0.25, 0.3) is 16.7 Å². The van der Waals surface area contributed by atoms with Crippen LogP contribution in [0, 0.1) is 40.5 Å². The SMILES string of the molecule is [C-]#[N+]c1ccc(-n2nccc2-c2c(C)n(-c3cccc(C(F)(F)F)c3)c(=O)n(C3CN(C(=O)OCc4ccccc4)C3)c2=O)cc1.[C-]#[N+]c1ccc(-n2nccc2-c2c(C)n(-c3cccc(C(F)(F)F)c3)c(=O)n(C3CN(C(C)=O)C3)c2=O)cc1.[C-]#[N+]c1ccc(-n2nccc2-c2c(C)n(-c3cccc(C(F)(F)F)c3)c(=O)n(C3CNC3)c2=O)cc1. The van der Waals surface area contributed by atoms with E-state index in [0.29, 0.717) is 58.6 Å². The van der Waals surface area contributed by atoms with E-state index in [4.69, 9.17) is 24.5 Å². The van der Waals surface area contributed by atoms with E-state index >= 15 is 0 Å². The molecule has 13 aromatic rings. The van der Waals surface area contributed by atoms with Gasteiger partial charge in [0.2, 0.25) is 5.91 Å². The molecule has 121 heavy (non-hydrogen) atoms. The van der Waals surface area contributed by atoms with Crippen LogP contribution in [0.3, 0.4) is 0 Å². The van der Waals surface area contributed by atoms with Gasteiger partial charge in [-0.1, -0.05) is 84.9 Å². The number of benzene rings is 7. The lowest BCUT2D eigenvalue weighted by atomic mass is 10.1. The number of carbonyl (C=O) groups is 2. The van der Waals surface area contributed by atoms with Gasteiger partial charge in [-0.15, -0.1) is 0 Å². The van der Waals surface area contributed by atoms with Crippen molar-refractivity contribution < 1.29 is 53.8 Å². The number of nitrogens with one attached hydrogen (secondary N) is 1. The summed E-state index contributed by atoms with van der Waals surface area (Å²) in [5, 5.41) is 16.0. The Labute approximate surface area is 678 Å². The van der Waals surface area contributed by atoms with E-state index in [1.165, 1.54) is 107 Å². The van der Waals surface area contributed by atoms with Crippen molar-refractivity contribution in [2.45, 2.75) is 71.0 Å². The molecule has 3 saturated heterocycles. The third-order valence-corrected chi connectivity index (χ3v) is 20.7. The summed E-state index contributed by atoms with van der Waals surface area (Å²) in [6.45, 7) is 28.4. The van der Waals surface area contributed by atoms with Crippen molar-refractivity contribution in [1.82, 2.24) is 71.9 Å². The molecule has 16 rings (SSSR count). The zero-order valence-corrected chi connectivity index (χ0v) is 64.1. The molecular weight excluding hydrogens is 1590 g/mol. The number of hydrogen-bond acceptors (Lipinski definition) is 13. The van der Waals surface area contributed by atoms with Crippen molar-refractivity contribution in [3.8, 4) is 67.9 Å². The summed E-state index contributed by atoms with van der Waals surface area (Å²) in [7, 11) is 0. The van der Waals surface area contributed by atoms with E-state index < -0.39 is 93.2 Å². The summed E-state index contributed by atoms with van der Waals surface area (Å²) in [5.74, 6) is -0.217. The second-order valence-corrected chi connectivity index (χ2v) is 28.2. The molecule has 36 heteroatoms. The Morgan fingerprint density at radius 1 is 0.413 bits per heavy atom. The van der Waals surface area contributed by atoms with E-state index in [1.54, 1.807) is 103 Å². The minimum Gasteiger partial charge on any atom is -0.445 e. The standard InChI is InChI=1S/C33H25F3N6O4.C27H21F3N6O3.C25H19F3N6O2/c1-21-29(28-15-16-38-42(28)25-13-11-24(37-2)12-14-25)30(43)41(31(44)40(21)26-10-6-9-23(17-26)33(34,35)36)27-18-39(19-27)32(45)46-20-22-7-4-3-5-8-22;1-16-24(23-11-12-32-36(23)20-9-7-19(31-3)8-10-20)25(38)35(22-14-33(15-22)17(2)37)26(39)34(16)21-6-4-5-18(13-21)27(28,29)30;1-15-22(21-10-11-31-34(21)18-8-6-17(29-2)7-9-18)23(35)33(20-13-30-14-20)24(36)32(15)19-5-3-4-16(12-19)25(26,27)28/h3-17,27H,18-20H2,1H3;4-13,22H,14-15H2,1-2H3;3-12,20,30H,13-14H2,1H3. The Kier molecular flexibility index (Phi) is 22.5. The van der Waals surface area contributed by atoms with Crippen LogP contribution in [0.4, 0.5) is 61.4 Å². The van der Waals surface area contributed by atoms with Crippen molar-refractivity contribution in [1.29, 1.82) is 0 Å². The Morgan fingerprint density at radius 3 is 1.02 bits per heavy atom. The van der Waals surface area contributed by atoms with E-state index in [-0.39, 0.29) is 95.2 Å². The molecule has 0 spiro atoms. The maximum atomic E-state index is 14.2. The van der Waals surface area contributed by atoms with Gasteiger partial charge >= 0.3 is 41.7 Å². The number of likely N-dealkylation sites (tertiary alicyclic amines) is 2. The number of aromatic nitrogens is 12. The highest BCUT2D eigenvalue weighted by molar-refractivity contribution is 5.74. The Balaban J connectivity index is 0.000000150. The largest absolute Gasteiger partial charge is 0.445 e. The molecule has 612 valence electrons. The highest BCUT2D eigenvalue weighted by atomic mass is 19.4. The van der Waals surface area contributed by atoms with Gasteiger partial charge in [-0.2, -0.15) is 54.8 Å². The van der Waals surface area contributed by atoms with Crippen molar-refractivity contribution in [3.05, 3.63) is 349 Å². The molecule has 7 aromatic carbocycles. The zero-order valence-electron chi connectivity index (χ0n) is 64.1. The van der Waals surface area contributed by atoms with Crippen LogP contribution in [0.5, 0.6) is 0 Å². The lowest BCUT2D eigenvalue weighted by molar-refractivity contribution is -0.138. The van der Waals surface area contributed by atoms with Gasteiger partial charge in [-0.3, -0.25) is 46.6 Å². The van der Waals surface area contributed by atoms with Gasteiger partial charge in [0, 0.05) is 63.3 Å². The monoisotopic (exact) mass is 1650 g/mol. The summed E-state index contributed by atoms with van der Waals surface area (Å²) < 4.78 is 138. The van der Waals surface area contributed by atoms with Gasteiger partial charge in [0.15, 0.2) is 17.1 Å². The van der Waals surface area contributed by atoms with Crippen LogP contribution in [0.25, 0.3) is 82.4 Å². The number of amides is 2. The van der Waals surface area contributed by atoms with Crippen molar-refractivity contribution >= 4 is 29.1 Å². The number of ether oxygens (including phenoxy) is 1. The fourth-order valence-corrected chi connectivity index (χ4v) is 14.4. The molecule has 0 aliphatic carbocycles. The lowest BCUT2D eigenvalue weighted by Gasteiger charge is -2.39. The minimum atomic E-state index is -4.67. The maximum absolute atomic E-state index is 14.2. The van der Waals surface area contributed by atoms with E-state index in [2.05, 4.69) is 35.1 Å². The zero-order chi connectivity index (χ0) is 86.3. The molecule has 0 saturated carbocycles. The fourth-order valence-electron chi connectivity index (χ4n) is 14.4. The van der Waals surface area contributed by atoms with Gasteiger partial charge < -0.3 is 19.9 Å². The lowest BCUT2D eigenvalue weighted by Crippen LogP contribution is -2.57. The average molecular weight is 1650 g/mol. The molecule has 3 fully saturated rings. The number of halogens is 9. The molecule has 27 nitrogen and oxygen atoms in total. The Bertz CT molecular complexity index is 6740. The number of carbonyl (C=O) groups excluding carboxylic acids is 2. The first-order chi connectivity index (χ1) is 57.8. The first-order valence-electron chi connectivity index (χ1n) is 36.9. The van der Waals surface area contributed by atoms with Gasteiger partial charge in [-0.05, 0) is 136 Å². The minimum absolute atomic E-state index is 0.00193. The summed E-state index contributed by atoms with van der Waals surface area (Å²) in [4.78, 5) is 120. The van der Waals surface area contributed by atoms with Gasteiger partial charge in [-0.25, -0.2) is 47.8 Å². The molecule has 2 amide bonds. The summed E-state index contributed by atoms with van der Waals surface area (Å²) in [5.41, 5.74) is -1.90. The number of hydrogen-bond donors (Lipinski definition) is 1. The van der Waals surface area contributed by atoms with Crippen LogP contribution >= 0.6 is 0 Å². The van der Waals surface area contributed by atoms with Crippen molar-refractivity contribution in [2.24, 2.45) is 0 Å². The topological polar surface area (TPSA) is 260 Å². The van der Waals surface area contributed by atoms with Crippen LogP contribution in [0.2, 0.25) is 0 Å². The molecule has 6 aromatic heterocycles. The smallest absolute Gasteiger partial charge is 0.416 e. The maximum Gasteiger partial charge on any atom is 0.416 e. The van der Waals surface area contributed by atoms with E-state index in [0.717, 1.165) is 69.4 Å². The quantitative estimate of drug-likeness (QED) is 0.0785. The summed E-state index contributed by atoms with van der Waals surface area (Å²) in [6.07, 6.45) is -10.1. The summed E-state index contributed by atoms with van der Waals surface area (Å²) in [6, 6.07) is 44.6. The Morgan fingerprint density at radius 2 is 0.727 bits per heavy atom. The second kappa shape index (κ2) is 33.0. The van der Waals surface area contributed by atoms with Crippen LogP contribution in [0.15, 0.2) is 241 Å². The molecule has 3 aliphatic rings. The molecule has 1 N–H and O–H groups in total. The molecule has 9 heterocycles. The molecule has 3 aliphatic heterocycles. The predicted octanol–water partition coefficient (Wildman–Crippen LogP) is 13.9. The van der Waals surface area contributed by atoms with E-state index in [9.17, 15) is 77.9 Å². The highest BCUT2D eigenvalue weighted by Gasteiger charge is 2.40. The first-order valence-corrected chi connectivity index (χ1v) is 36.9. The normalized spacial score (nSPS) is 13.6. The molecular formula is C85H65F9N18O9. The number of nitrogens with zero attached hydrogens (tertiary/aromatic N) is 17. The molecule has 0 radical (unpaired) electrons. The average Bonchev–Trinajstić information content (AvgIpc) is 1.65. The van der Waals surface area contributed by atoms with Crippen molar-refractivity contribution in [3.63, 3.8) is 0 Å². The van der Waals surface area contributed by atoms with Crippen LogP contribution in [0.1, 0.15) is 64.4 Å². The predicted molar refractivity (Wildman–Crippen MR) is 425 cm³/mol. The number of alkyl halides is 9. The van der Waals surface area contributed by atoms with Crippen LogP contribution in [-0.2, 0) is 34.7 Å². The highest BCUT2D eigenvalue weighted by Crippen LogP contribution is 2.37. The third-order valence-electron chi connectivity index (χ3n) is 20.7. The summed E-state index contributed by atoms with van der Waals surface area (Å²) >= 11 is 0. The number of rotatable bonds is 14. The van der Waals surface area contributed by atoms with Gasteiger partial charge in [0.1, 0.15) is 6.61 Å². The van der Waals surface area contributed by atoms with E-state index in [1.807, 2.05) is 18.2 Å². The molecule has 0 unspecified atom stereocenters. The Hall–Kier alpha value is -15.3. The van der Waals surface area contributed by atoms with Crippen molar-refractivity contribution in [2.75, 3.05) is 39.3 Å². The third kappa shape index (κ3) is 16.1. The first kappa shape index (κ1) is 82.3. The van der Waals surface area contributed by atoms with Gasteiger partial charge in [0.05, 0.1) is 141 Å². The van der Waals surface area contributed by atoms with Crippen LogP contribution < -0.4 is 39.1 Å². The fraction of sp³-hybridized carbons (Fsp3) is 0.200.